The SMILES string of the molecule is CCNC(c1ccc(CC)o1)C1CCCCO1. The van der Waals surface area contributed by atoms with Crippen molar-refractivity contribution in [3.63, 3.8) is 0 Å². The van der Waals surface area contributed by atoms with Gasteiger partial charge in [0.05, 0.1) is 12.1 Å². The fourth-order valence-electron chi connectivity index (χ4n) is 2.42. The molecule has 1 aliphatic rings. The molecular weight excluding hydrogens is 214 g/mol. The molecular formula is C14H23NO2. The number of furan rings is 1. The van der Waals surface area contributed by atoms with E-state index in [1.165, 1.54) is 12.8 Å². The predicted octanol–water partition coefficient (Wildman–Crippen LogP) is 3.06. The number of hydrogen-bond acceptors (Lipinski definition) is 3. The van der Waals surface area contributed by atoms with Crippen molar-refractivity contribution in [3.8, 4) is 0 Å². The Morgan fingerprint density at radius 1 is 1.35 bits per heavy atom. The minimum absolute atomic E-state index is 0.209. The zero-order chi connectivity index (χ0) is 12.1. The summed E-state index contributed by atoms with van der Waals surface area (Å²) in [6.45, 7) is 6.06. The monoisotopic (exact) mass is 237 g/mol. The maximum Gasteiger partial charge on any atom is 0.123 e. The lowest BCUT2D eigenvalue weighted by Crippen LogP contribution is -2.35. The summed E-state index contributed by atoms with van der Waals surface area (Å²) >= 11 is 0. The summed E-state index contributed by atoms with van der Waals surface area (Å²) < 4.78 is 11.7. The van der Waals surface area contributed by atoms with Crippen LogP contribution in [0.1, 0.15) is 50.7 Å². The number of aryl methyl sites for hydroxylation is 1. The summed E-state index contributed by atoms with van der Waals surface area (Å²) in [6.07, 6.45) is 4.78. The van der Waals surface area contributed by atoms with E-state index < -0.39 is 0 Å². The van der Waals surface area contributed by atoms with Crippen LogP contribution in [0.2, 0.25) is 0 Å². The molecule has 0 spiro atoms. The van der Waals surface area contributed by atoms with Crippen LogP contribution in [-0.4, -0.2) is 19.3 Å². The van der Waals surface area contributed by atoms with Gasteiger partial charge in [-0.1, -0.05) is 13.8 Å². The summed E-state index contributed by atoms with van der Waals surface area (Å²) in [4.78, 5) is 0. The zero-order valence-electron chi connectivity index (χ0n) is 10.9. The second kappa shape index (κ2) is 6.22. The lowest BCUT2D eigenvalue weighted by molar-refractivity contribution is -0.0124. The molecule has 0 saturated carbocycles. The Morgan fingerprint density at radius 3 is 2.82 bits per heavy atom. The van der Waals surface area contributed by atoms with Crippen LogP contribution in [-0.2, 0) is 11.2 Å². The van der Waals surface area contributed by atoms with E-state index in [0.717, 1.165) is 37.5 Å². The fraction of sp³-hybridized carbons (Fsp3) is 0.714. The molecule has 2 unspecified atom stereocenters. The molecule has 96 valence electrons. The third-order valence-corrected chi connectivity index (χ3v) is 3.35. The predicted molar refractivity (Wildman–Crippen MR) is 68.1 cm³/mol. The van der Waals surface area contributed by atoms with Gasteiger partial charge in [0.1, 0.15) is 11.5 Å². The molecule has 1 aromatic heterocycles. The second-order valence-electron chi connectivity index (χ2n) is 4.60. The molecule has 1 fully saturated rings. The van der Waals surface area contributed by atoms with Gasteiger partial charge in [0.2, 0.25) is 0 Å². The molecule has 2 atom stereocenters. The van der Waals surface area contributed by atoms with Crippen LogP contribution in [0.4, 0.5) is 0 Å². The topological polar surface area (TPSA) is 34.4 Å². The normalized spacial score (nSPS) is 22.6. The molecule has 0 aromatic carbocycles. The lowest BCUT2D eigenvalue weighted by atomic mass is 10.00. The molecule has 0 radical (unpaired) electrons. The van der Waals surface area contributed by atoms with Crippen LogP contribution in [0.5, 0.6) is 0 Å². The van der Waals surface area contributed by atoms with E-state index in [2.05, 4.69) is 31.3 Å². The molecule has 1 aliphatic heterocycles. The number of rotatable bonds is 5. The highest BCUT2D eigenvalue weighted by molar-refractivity contribution is 5.12. The third-order valence-electron chi connectivity index (χ3n) is 3.35. The average Bonchev–Trinajstić information content (AvgIpc) is 2.85. The maximum absolute atomic E-state index is 5.87. The van der Waals surface area contributed by atoms with Crippen LogP contribution >= 0.6 is 0 Å². The molecule has 3 heteroatoms. The largest absolute Gasteiger partial charge is 0.464 e. The van der Waals surface area contributed by atoms with Crippen molar-refractivity contribution in [2.45, 2.75) is 51.7 Å². The van der Waals surface area contributed by atoms with Crippen LogP contribution in [0.15, 0.2) is 16.5 Å². The van der Waals surface area contributed by atoms with Gasteiger partial charge < -0.3 is 14.5 Å². The van der Waals surface area contributed by atoms with Crippen LogP contribution in [0.3, 0.4) is 0 Å². The van der Waals surface area contributed by atoms with Crippen molar-refractivity contribution < 1.29 is 9.15 Å². The van der Waals surface area contributed by atoms with Gasteiger partial charge in [-0.2, -0.15) is 0 Å². The Morgan fingerprint density at radius 2 is 2.24 bits per heavy atom. The summed E-state index contributed by atoms with van der Waals surface area (Å²) in [5.74, 6) is 2.08. The Kier molecular flexibility index (Phi) is 4.63. The van der Waals surface area contributed by atoms with E-state index in [4.69, 9.17) is 9.15 Å². The Bertz CT molecular complexity index is 329. The number of likely N-dealkylation sites (N-methyl/N-ethyl adjacent to an activating group) is 1. The number of ether oxygens (including phenoxy) is 1. The standard InChI is InChI=1S/C14H23NO2/c1-3-11-8-9-13(17-11)14(15-4-2)12-7-5-6-10-16-12/h8-9,12,14-15H,3-7,10H2,1-2H3. The smallest absolute Gasteiger partial charge is 0.123 e. The van der Waals surface area contributed by atoms with Crippen molar-refractivity contribution in [2.75, 3.05) is 13.2 Å². The Balaban J connectivity index is 2.09. The molecule has 17 heavy (non-hydrogen) atoms. The average molecular weight is 237 g/mol. The minimum Gasteiger partial charge on any atom is -0.464 e. The molecule has 2 rings (SSSR count). The van der Waals surface area contributed by atoms with Gasteiger partial charge in [0.25, 0.3) is 0 Å². The fourth-order valence-corrected chi connectivity index (χ4v) is 2.42. The number of nitrogens with one attached hydrogen (secondary N) is 1. The van der Waals surface area contributed by atoms with Crippen molar-refractivity contribution in [1.29, 1.82) is 0 Å². The van der Waals surface area contributed by atoms with Gasteiger partial charge >= 0.3 is 0 Å². The summed E-state index contributed by atoms with van der Waals surface area (Å²) in [6, 6.07) is 4.37. The van der Waals surface area contributed by atoms with E-state index >= 15 is 0 Å². The summed E-state index contributed by atoms with van der Waals surface area (Å²) in [5, 5.41) is 3.49. The molecule has 0 bridgehead atoms. The summed E-state index contributed by atoms with van der Waals surface area (Å²) in [5.41, 5.74) is 0. The Labute approximate surface area is 104 Å². The van der Waals surface area contributed by atoms with E-state index in [-0.39, 0.29) is 12.1 Å². The zero-order valence-corrected chi connectivity index (χ0v) is 10.9. The van der Waals surface area contributed by atoms with Crippen LogP contribution in [0.25, 0.3) is 0 Å². The van der Waals surface area contributed by atoms with Gasteiger partial charge in [-0.3, -0.25) is 0 Å². The first-order chi connectivity index (χ1) is 8.35. The highest BCUT2D eigenvalue weighted by Crippen LogP contribution is 2.27. The third kappa shape index (κ3) is 3.11. The molecule has 0 amide bonds. The molecule has 3 nitrogen and oxygen atoms in total. The maximum atomic E-state index is 5.87. The van der Waals surface area contributed by atoms with Crippen molar-refractivity contribution in [3.05, 3.63) is 23.7 Å². The van der Waals surface area contributed by atoms with Gasteiger partial charge in [-0.15, -0.1) is 0 Å². The number of hydrogen-bond donors (Lipinski definition) is 1. The lowest BCUT2D eigenvalue weighted by Gasteiger charge is -2.29. The Hall–Kier alpha value is -0.800. The van der Waals surface area contributed by atoms with Gasteiger partial charge in [0, 0.05) is 13.0 Å². The van der Waals surface area contributed by atoms with Gasteiger partial charge in [-0.25, -0.2) is 0 Å². The minimum atomic E-state index is 0.209. The highest BCUT2D eigenvalue weighted by Gasteiger charge is 2.27. The van der Waals surface area contributed by atoms with Gasteiger partial charge in [-0.05, 0) is 37.9 Å². The van der Waals surface area contributed by atoms with Crippen molar-refractivity contribution in [2.24, 2.45) is 0 Å². The summed E-state index contributed by atoms with van der Waals surface area (Å²) in [7, 11) is 0. The molecule has 1 saturated heterocycles. The highest BCUT2D eigenvalue weighted by atomic mass is 16.5. The van der Waals surface area contributed by atoms with Crippen LogP contribution < -0.4 is 5.32 Å². The van der Waals surface area contributed by atoms with Gasteiger partial charge in [0.15, 0.2) is 0 Å². The van der Waals surface area contributed by atoms with Crippen LogP contribution in [0, 0.1) is 0 Å². The molecule has 0 aliphatic carbocycles. The van der Waals surface area contributed by atoms with E-state index in [1.807, 2.05) is 0 Å². The first-order valence-electron chi connectivity index (χ1n) is 6.78. The second-order valence-corrected chi connectivity index (χ2v) is 4.60. The van der Waals surface area contributed by atoms with E-state index in [1.54, 1.807) is 0 Å². The van der Waals surface area contributed by atoms with E-state index in [0.29, 0.717) is 0 Å². The molecule has 1 N–H and O–H groups in total. The molecule has 1 aromatic rings. The van der Waals surface area contributed by atoms with Crippen molar-refractivity contribution in [1.82, 2.24) is 5.32 Å². The first-order valence-corrected chi connectivity index (χ1v) is 6.78. The quantitative estimate of drug-likeness (QED) is 0.854. The molecule has 2 heterocycles. The van der Waals surface area contributed by atoms with E-state index in [9.17, 15) is 0 Å². The van der Waals surface area contributed by atoms with Crippen molar-refractivity contribution >= 4 is 0 Å². The first kappa shape index (κ1) is 12.7.